The lowest BCUT2D eigenvalue weighted by atomic mass is 9.65. The van der Waals surface area contributed by atoms with Gasteiger partial charge in [0.1, 0.15) is 0 Å². The minimum absolute atomic E-state index is 0.469. The van der Waals surface area contributed by atoms with Crippen molar-refractivity contribution in [1.82, 2.24) is 0 Å². The van der Waals surface area contributed by atoms with Crippen LogP contribution in [0.1, 0.15) is 132 Å². The van der Waals surface area contributed by atoms with Crippen molar-refractivity contribution in [2.45, 2.75) is 132 Å². The van der Waals surface area contributed by atoms with Gasteiger partial charge in [-0.2, -0.15) is 0 Å². The molecule has 0 aromatic heterocycles. The third-order valence-corrected chi connectivity index (χ3v) is 9.84. The highest BCUT2D eigenvalue weighted by Crippen LogP contribution is 2.47. The summed E-state index contributed by atoms with van der Waals surface area (Å²) in [4.78, 5) is 0. The Morgan fingerprint density at radius 2 is 1.57 bits per heavy atom. The standard InChI is InChI=1S/C30H54/c1-9-10-11-12-15-27-16-13-14-26-20-19-25(4)30(7,8)24(3)18-17-23(2)28(26)21-22-29(27,5)6/h9-10,23-25,27H,11-22H2,1-8H3/b10-9+,28-26-. The molecule has 0 aromatic rings. The predicted octanol–water partition coefficient (Wildman–Crippen LogP) is 10.1. The lowest BCUT2D eigenvalue weighted by Crippen LogP contribution is -2.30. The lowest BCUT2D eigenvalue weighted by molar-refractivity contribution is 0.117. The summed E-state index contributed by atoms with van der Waals surface area (Å²) in [6.45, 7) is 20.0. The highest BCUT2D eigenvalue weighted by Gasteiger charge is 2.35. The topological polar surface area (TPSA) is 0 Å². The Hall–Kier alpha value is -0.520. The van der Waals surface area contributed by atoms with E-state index in [-0.39, 0.29) is 0 Å². The SMILES string of the molecule is C/C=C/CCCC1CCC/C2=C(\CCC1(C)C)C(C)CCC(C)C(C)(C)C(C)CC2. The molecule has 0 fully saturated rings. The van der Waals surface area contributed by atoms with Crippen LogP contribution >= 0.6 is 0 Å². The van der Waals surface area contributed by atoms with Crippen LogP contribution < -0.4 is 0 Å². The van der Waals surface area contributed by atoms with Crippen molar-refractivity contribution < 1.29 is 0 Å². The second-order valence-electron chi connectivity index (χ2n) is 12.3. The van der Waals surface area contributed by atoms with Gasteiger partial charge in [-0.15, -0.1) is 0 Å². The summed E-state index contributed by atoms with van der Waals surface area (Å²) in [6.07, 6.45) is 21.1. The van der Waals surface area contributed by atoms with Gasteiger partial charge in [0.05, 0.1) is 0 Å². The quantitative estimate of drug-likeness (QED) is 0.317. The monoisotopic (exact) mass is 414 g/mol. The molecule has 0 saturated heterocycles. The molecule has 0 heterocycles. The largest absolute Gasteiger partial charge is 0.0917 e. The van der Waals surface area contributed by atoms with Crippen LogP contribution in [0.4, 0.5) is 0 Å². The molecule has 2 rings (SSSR count). The molecule has 4 atom stereocenters. The van der Waals surface area contributed by atoms with Gasteiger partial charge in [-0.1, -0.05) is 71.8 Å². The molecular weight excluding hydrogens is 360 g/mol. The van der Waals surface area contributed by atoms with Gasteiger partial charge < -0.3 is 0 Å². The molecule has 0 bridgehead atoms. The molecule has 0 aliphatic heterocycles. The Balaban J connectivity index is 2.18. The van der Waals surface area contributed by atoms with E-state index in [0.29, 0.717) is 10.8 Å². The van der Waals surface area contributed by atoms with Crippen LogP contribution in [0.3, 0.4) is 0 Å². The van der Waals surface area contributed by atoms with Crippen LogP contribution in [0.25, 0.3) is 0 Å². The fourth-order valence-corrected chi connectivity index (χ4v) is 6.31. The van der Waals surface area contributed by atoms with Crippen LogP contribution in [-0.2, 0) is 0 Å². The first-order valence-corrected chi connectivity index (χ1v) is 13.4. The van der Waals surface area contributed by atoms with Crippen LogP contribution in [-0.4, -0.2) is 0 Å². The van der Waals surface area contributed by atoms with Gasteiger partial charge >= 0.3 is 0 Å². The zero-order chi connectivity index (χ0) is 22.4. The fraction of sp³-hybridized carbons (Fsp3) is 0.867. The molecule has 2 aliphatic rings. The van der Waals surface area contributed by atoms with Crippen LogP contribution in [0.15, 0.2) is 23.3 Å². The van der Waals surface area contributed by atoms with E-state index in [4.69, 9.17) is 0 Å². The van der Waals surface area contributed by atoms with E-state index in [1.54, 1.807) is 0 Å². The lowest BCUT2D eigenvalue weighted by Gasteiger charge is -2.40. The van der Waals surface area contributed by atoms with Crippen molar-refractivity contribution >= 4 is 0 Å². The van der Waals surface area contributed by atoms with E-state index in [1.807, 2.05) is 11.1 Å². The third kappa shape index (κ3) is 6.74. The van der Waals surface area contributed by atoms with Gasteiger partial charge in [-0.05, 0) is 118 Å². The van der Waals surface area contributed by atoms with Crippen molar-refractivity contribution in [3.63, 3.8) is 0 Å². The molecule has 0 aromatic carbocycles. The Kier molecular flexibility index (Phi) is 9.76. The first-order chi connectivity index (χ1) is 14.1. The first kappa shape index (κ1) is 25.7. The minimum atomic E-state index is 0.469. The Morgan fingerprint density at radius 3 is 2.27 bits per heavy atom. The highest BCUT2D eigenvalue weighted by molar-refractivity contribution is 5.19. The molecule has 0 radical (unpaired) electrons. The van der Waals surface area contributed by atoms with E-state index >= 15 is 0 Å². The van der Waals surface area contributed by atoms with Gasteiger partial charge in [0.15, 0.2) is 0 Å². The summed E-state index contributed by atoms with van der Waals surface area (Å²) in [5.41, 5.74) is 4.72. The van der Waals surface area contributed by atoms with Crippen LogP contribution in [0.2, 0.25) is 0 Å². The third-order valence-electron chi connectivity index (χ3n) is 9.84. The molecule has 0 N–H and O–H groups in total. The van der Waals surface area contributed by atoms with Gasteiger partial charge in [-0.25, -0.2) is 0 Å². The normalized spacial score (nSPS) is 35.9. The van der Waals surface area contributed by atoms with Crippen molar-refractivity contribution in [3.05, 3.63) is 23.3 Å². The van der Waals surface area contributed by atoms with Gasteiger partial charge in [-0.3, -0.25) is 0 Å². The summed E-state index contributed by atoms with van der Waals surface area (Å²) < 4.78 is 0. The van der Waals surface area contributed by atoms with E-state index in [0.717, 1.165) is 23.7 Å². The average molecular weight is 415 g/mol. The smallest absolute Gasteiger partial charge is 0.0229 e. The van der Waals surface area contributed by atoms with E-state index in [9.17, 15) is 0 Å². The van der Waals surface area contributed by atoms with E-state index < -0.39 is 0 Å². The van der Waals surface area contributed by atoms with E-state index in [2.05, 4.69) is 67.5 Å². The molecule has 30 heavy (non-hydrogen) atoms. The van der Waals surface area contributed by atoms with Gasteiger partial charge in [0, 0.05) is 0 Å². The average Bonchev–Trinajstić information content (AvgIpc) is 2.75. The number of hydrogen-bond acceptors (Lipinski definition) is 0. The Bertz CT molecular complexity index is 573. The molecule has 0 saturated carbocycles. The summed E-state index contributed by atoms with van der Waals surface area (Å²) in [6, 6.07) is 0. The second kappa shape index (κ2) is 11.4. The highest BCUT2D eigenvalue weighted by atomic mass is 14.4. The zero-order valence-electron chi connectivity index (χ0n) is 21.9. The number of rotatable bonds is 4. The maximum absolute atomic E-state index is 2.58. The minimum Gasteiger partial charge on any atom is -0.0917 e. The maximum Gasteiger partial charge on any atom is -0.0229 e. The molecule has 174 valence electrons. The summed E-state index contributed by atoms with van der Waals surface area (Å²) in [5, 5.41) is 0. The van der Waals surface area contributed by atoms with Gasteiger partial charge in [0.25, 0.3) is 0 Å². The molecular formula is C30H54. The zero-order valence-corrected chi connectivity index (χ0v) is 21.9. The van der Waals surface area contributed by atoms with Crippen LogP contribution in [0.5, 0.6) is 0 Å². The maximum atomic E-state index is 2.58. The summed E-state index contributed by atoms with van der Waals surface area (Å²) in [5.74, 6) is 3.32. The number of allylic oxidation sites excluding steroid dienone is 4. The van der Waals surface area contributed by atoms with Crippen LogP contribution in [0, 0.1) is 34.5 Å². The Labute approximate surface area is 190 Å². The van der Waals surface area contributed by atoms with Crippen molar-refractivity contribution in [1.29, 1.82) is 0 Å². The second-order valence-corrected chi connectivity index (χ2v) is 12.3. The molecule has 4 unspecified atom stereocenters. The molecule has 2 aliphatic carbocycles. The van der Waals surface area contributed by atoms with Crippen molar-refractivity contribution in [2.24, 2.45) is 34.5 Å². The summed E-state index contributed by atoms with van der Waals surface area (Å²) >= 11 is 0. The molecule has 0 amide bonds. The fourth-order valence-electron chi connectivity index (χ4n) is 6.31. The van der Waals surface area contributed by atoms with E-state index in [1.165, 1.54) is 77.0 Å². The van der Waals surface area contributed by atoms with Crippen molar-refractivity contribution in [3.8, 4) is 0 Å². The van der Waals surface area contributed by atoms with Crippen molar-refractivity contribution in [2.75, 3.05) is 0 Å². The molecule has 0 spiro atoms. The Morgan fingerprint density at radius 1 is 0.867 bits per heavy atom. The first-order valence-electron chi connectivity index (χ1n) is 13.4. The van der Waals surface area contributed by atoms with Gasteiger partial charge in [0.2, 0.25) is 0 Å². The predicted molar refractivity (Wildman–Crippen MR) is 136 cm³/mol. The molecule has 0 nitrogen and oxygen atoms in total. The summed E-state index contributed by atoms with van der Waals surface area (Å²) in [7, 11) is 0. The molecule has 0 heteroatoms. The number of hydrogen-bond donors (Lipinski definition) is 0. The number of unbranched alkanes of at least 4 members (excludes halogenated alkanes) is 1.